The molecule has 0 aliphatic carbocycles. The van der Waals surface area contributed by atoms with Gasteiger partial charge in [-0.25, -0.2) is 0 Å². The minimum atomic E-state index is 0.763. The van der Waals surface area contributed by atoms with Crippen LogP contribution in [0, 0.1) is 0 Å². The maximum absolute atomic E-state index is 6.07. The first-order chi connectivity index (χ1) is 7.66. The van der Waals surface area contributed by atoms with E-state index < -0.39 is 0 Å². The SMILES string of the molecule is C=C/C=C\C(=C)/C(C)=C(\N)c1ccccc1. The highest BCUT2D eigenvalue weighted by Crippen LogP contribution is 2.18. The van der Waals surface area contributed by atoms with E-state index in [1.54, 1.807) is 6.08 Å². The van der Waals surface area contributed by atoms with Gasteiger partial charge in [-0.3, -0.25) is 0 Å². The smallest absolute Gasteiger partial charge is 0.0423 e. The lowest BCUT2D eigenvalue weighted by molar-refractivity contribution is 1.38. The summed E-state index contributed by atoms with van der Waals surface area (Å²) in [5.41, 5.74) is 9.75. The zero-order chi connectivity index (χ0) is 12.0. The Morgan fingerprint density at radius 3 is 2.44 bits per heavy atom. The molecule has 0 saturated heterocycles. The summed E-state index contributed by atoms with van der Waals surface area (Å²) in [7, 11) is 0. The van der Waals surface area contributed by atoms with Crippen molar-refractivity contribution in [2.75, 3.05) is 0 Å². The molecular weight excluding hydrogens is 194 g/mol. The van der Waals surface area contributed by atoms with Crippen LogP contribution in [0.1, 0.15) is 12.5 Å². The van der Waals surface area contributed by atoms with Crippen molar-refractivity contribution in [3.8, 4) is 0 Å². The van der Waals surface area contributed by atoms with Gasteiger partial charge in [-0.2, -0.15) is 0 Å². The second-order valence-corrected chi connectivity index (χ2v) is 3.52. The van der Waals surface area contributed by atoms with Crippen molar-refractivity contribution in [1.29, 1.82) is 0 Å². The van der Waals surface area contributed by atoms with E-state index in [9.17, 15) is 0 Å². The Kier molecular flexibility index (Phi) is 4.34. The van der Waals surface area contributed by atoms with Gasteiger partial charge < -0.3 is 5.73 Å². The highest BCUT2D eigenvalue weighted by molar-refractivity contribution is 5.70. The second kappa shape index (κ2) is 5.76. The zero-order valence-corrected chi connectivity index (χ0v) is 9.61. The highest BCUT2D eigenvalue weighted by Gasteiger charge is 2.01. The fourth-order valence-electron chi connectivity index (χ4n) is 1.32. The van der Waals surface area contributed by atoms with Crippen LogP contribution in [0.3, 0.4) is 0 Å². The van der Waals surface area contributed by atoms with Crippen LogP contribution in [0.25, 0.3) is 5.70 Å². The first-order valence-corrected chi connectivity index (χ1v) is 5.17. The molecule has 0 spiro atoms. The molecule has 0 bridgehead atoms. The van der Waals surface area contributed by atoms with E-state index in [2.05, 4.69) is 13.2 Å². The van der Waals surface area contributed by atoms with Crippen LogP contribution in [0.4, 0.5) is 0 Å². The van der Waals surface area contributed by atoms with Crippen LogP contribution in [-0.4, -0.2) is 0 Å². The summed E-state index contributed by atoms with van der Waals surface area (Å²) in [6.45, 7) is 9.56. The molecule has 0 unspecified atom stereocenters. The van der Waals surface area contributed by atoms with E-state index in [1.807, 2.05) is 49.4 Å². The summed E-state index contributed by atoms with van der Waals surface area (Å²) >= 11 is 0. The van der Waals surface area contributed by atoms with Crippen LogP contribution in [0.15, 0.2) is 72.9 Å². The molecule has 0 aliphatic heterocycles. The third-order valence-corrected chi connectivity index (χ3v) is 2.40. The highest BCUT2D eigenvalue weighted by atomic mass is 14.6. The van der Waals surface area contributed by atoms with E-state index >= 15 is 0 Å². The molecule has 16 heavy (non-hydrogen) atoms. The number of hydrogen-bond acceptors (Lipinski definition) is 1. The van der Waals surface area contributed by atoms with E-state index in [0.29, 0.717) is 0 Å². The Morgan fingerprint density at radius 1 is 1.25 bits per heavy atom. The minimum Gasteiger partial charge on any atom is -0.398 e. The van der Waals surface area contributed by atoms with Crippen LogP contribution in [0.2, 0.25) is 0 Å². The summed E-state index contributed by atoms with van der Waals surface area (Å²) in [6, 6.07) is 9.89. The topological polar surface area (TPSA) is 26.0 Å². The van der Waals surface area contributed by atoms with Crippen LogP contribution in [-0.2, 0) is 0 Å². The molecule has 1 rings (SSSR count). The van der Waals surface area contributed by atoms with Gasteiger partial charge in [0.1, 0.15) is 0 Å². The predicted octanol–water partition coefficient (Wildman–Crippen LogP) is 3.67. The van der Waals surface area contributed by atoms with Crippen molar-refractivity contribution in [3.63, 3.8) is 0 Å². The quantitative estimate of drug-likeness (QED) is 0.755. The van der Waals surface area contributed by atoms with Crippen molar-refractivity contribution < 1.29 is 0 Å². The number of allylic oxidation sites excluding steroid dienone is 5. The third-order valence-electron chi connectivity index (χ3n) is 2.40. The Balaban J connectivity index is 3.01. The molecule has 82 valence electrons. The molecule has 1 nitrogen and oxygen atoms in total. The summed E-state index contributed by atoms with van der Waals surface area (Å²) < 4.78 is 0. The molecule has 0 aromatic heterocycles. The van der Waals surface area contributed by atoms with Crippen LogP contribution in [0.5, 0.6) is 0 Å². The molecule has 0 aliphatic rings. The van der Waals surface area contributed by atoms with Gasteiger partial charge in [-0.05, 0) is 23.6 Å². The number of hydrogen-bond donors (Lipinski definition) is 1. The largest absolute Gasteiger partial charge is 0.398 e. The maximum atomic E-state index is 6.07. The first kappa shape index (κ1) is 12.1. The minimum absolute atomic E-state index is 0.763. The van der Waals surface area contributed by atoms with Crippen molar-refractivity contribution in [2.24, 2.45) is 5.73 Å². The molecule has 1 aromatic carbocycles. The summed E-state index contributed by atoms with van der Waals surface area (Å²) in [6.07, 6.45) is 5.47. The van der Waals surface area contributed by atoms with Crippen molar-refractivity contribution in [1.82, 2.24) is 0 Å². The molecule has 1 heteroatoms. The van der Waals surface area contributed by atoms with Gasteiger partial charge in [0.25, 0.3) is 0 Å². The summed E-state index contributed by atoms with van der Waals surface area (Å²) in [5, 5.41) is 0. The van der Waals surface area contributed by atoms with Crippen molar-refractivity contribution in [3.05, 3.63) is 78.4 Å². The van der Waals surface area contributed by atoms with E-state index in [1.165, 1.54) is 0 Å². The second-order valence-electron chi connectivity index (χ2n) is 3.52. The molecule has 0 radical (unpaired) electrons. The van der Waals surface area contributed by atoms with E-state index in [0.717, 1.165) is 22.4 Å². The monoisotopic (exact) mass is 211 g/mol. The lowest BCUT2D eigenvalue weighted by atomic mass is 10.0. The molecule has 2 N–H and O–H groups in total. The Hall–Kier alpha value is -2.02. The lowest BCUT2D eigenvalue weighted by Gasteiger charge is -2.07. The Morgan fingerprint density at radius 2 is 1.88 bits per heavy atom. The molecule has 0 fully saturated rings. The zero-order valence-electron chi connectivity index (χ0n) is 9.61. The molecule has 1 aromatic rings. The average molecular weight is 211 g/mol. The van der Waals surface area contributed by atoms with Gasteiger partial charge in [0, 0.05) is 5.70 Å². The van der Waals surface area contributed by atoms with Gasteiger partial charge >= 0.3 is 0 Å². The van der Waals surface area contributed by atoms with Gasteiger partial charge in [0.05, 0.1) is 0 Å². The Labute approximate surface area is 97.3 Å². The number of benzene rings is 1. The lowest BCUT2D eigenvalue weighted by Crippen LogP contribution is -2.00. The Bertz CT molecular complexity index is 436. The van der Waals surface area contributed by atoms with Gasteiger partial charge in [-0.1, -0.05) is 61.7 Å². The molecule has 0 atom stereocenters. The van der Waals surface area contributed by atoms with Crippen LogP contribution < -0.4 is 5.73 Å². The molecule has 0 heterocycles. The fraction of sp³-hybridized carbons (Fsp3) is 0.0667. The maximum Gasteiger partial charge on any atom is 0.0423 e. The molecule has 0 saturated carbocycles. The third kappa shape index (κ3) is 2.99. The van der Waals surface area contributed by atoms with Crippen molar-refractivity contribution >= 4 is 5.70 Å². The predicted molar refractivity (Wildman–Crippen MR) is 71.7 cm³/mol. The molecule has 0 amide bonds. The first-order valence-electron chi connectivity index (χ1n) is 5.17. The number of nitrogens with two attached hydrogens (primary N) is 1. The van der Waals surface area contributed by atoms with Crippen LogP contribution >= 0.6 is 0 Å². The van der Waals surface area contributed by atoms with Gasteiger partial charge in [0.2, 0.25) is 0 Å². The summed E-state index contributed by atoms with van der Waals surface area (Å²) in [4.78, 5) is 0. The summed E-state index contributed by atoms with van der Waals surface area (Å²) in [5.74, 6) is 0. The van der Waals surface area contributed by atoms with Crippen molar-refractivity contribution in [2.45, 2.75) is 6.92 Å². The normalized spacial score (nSPS) is 12.3. The average Bonchev–Trinajstić information content (AvgIpc) is 2.35. The fourth-order valence-corrected chi connectivity index (χ4v) is 1.32. The standard InChI is InChI=1S/C15H17N/c1-4-5-9-12(2)13(3)15(16)14-10-7-6-8-11-14/h4-11H,1-2,16H2,3H3/b9-5-,15-13-. The molecular formula is C15H17N. The van der Waals surface area contributed by atoms with E-state index in [4.69, 9.17) is 5.73 Å². The van der Waals surface area contributed by atoms with Gasteiger partial charge in [-0.15, -0.1) is 0 Å². The number of rotatable bonds is 4. The van der Waals surface area contributed by atoms with Gasteiger partial charge in [0.15, 0.2) is 0 Å². The van der Waals surface area contributed by atoms with E-state index in [-0.39, 0.29) is 0 Å².